The van der Waals surface area contributed by atoms with Crippen molar-refractivity contribution in [2.45, 2.75) is 12.6 Å². The molecule has 0 aliphatic carbocycles. The van der Waals surface area contributed by atoms with E-state index in [1.807, 2.05) is 0 Å². The molecule has 1 aliphatic rings. The summed E-state index contributed by atoms with van der Waals surface area (Å²) in [6.45, 7) is 0.0832. The van der Waals surface area contributed by atoms with Gasteiger partial charge in [-0.25, -0.2) is 0 Å². The summed E-state index contributed by atoms with van der Waals surface area (Å²) in [7, 11) is 2.95. The first-order valence-electron chi connectivity index (χ1n) is 8.84. The van der Waals surface area contributed by atoms with Gasteiger partial charge in [0.2, 0.25) is 11.8 Å². The van der Waals surface area contributed by atoms with Crippen molar-refractivity contribution in [3.8, 4) is 11.5 Å². The smallest absolute Gasteiger partial charge is 0.417 e. The maximum Gasteiger partial charge on any atom is 0.417 e. The number of carbonyl (C=O) groups is 2. The van der Waals surface area contributed by atoms with Crippen molar-refractivity contribution in [3.63, 3.8) is 0 Å². The molecule has 1 fully saturated rings. The number of nitrogens with one attached hydrogen (secondary N) is 1. The Kier molecular flexibility index (Phi) is 6.12. The fourth-order valence-corrected chi connectivity index (χ4v) is 3.41. The maximum absolute atomic E-state index is 13.0. The predicted octanol–water partition coefficient (Wildman–Crippen LogP) is 4.37. The Bertz CT molecular complexity index is 981. The van der Waals surface area contributed by atoms with E-state index in [0.29, 0.717) is 17.2 Å². The van der Waals surface area contributed by atoms with Crippen LogP contribution in [-0.4, -0.2) is 32.6 Å². The second-order valence-electron chi connectivity index (χ2n) is 6.63. The molecule has 0 spiro atoms. The molecular weight excluding hydrogens is 425 g/mol. The molecule has 0 saturated carbocycles. The lowest BCUT2D eigenvalue weighted by Gasteiger charge is -2.18. The van der Waals surface area contributed by atoms with Crippen molar-refractivity contribution in [2.24, 2.45) is 5.92 Å². The zero-order valence-electron chi connectivity index (χ0n) is 16.0. The lowest BCUT2D eigenvalue weighted by atomic mass is 10.1. The molecule has 1 N–H and O–H groups in total. The molecule has 3 rings (SSSR count). The molecule has 10 heteroatoms. The summed E-state index contributed by atoms with van der Waals surface area (Å²) < 4.78 is 49.4. The average Bonchev–Trinajstić information content (AvgIpc) is 3.09. The number of hydrogen-bond donors (Lipinski definition) is 1. The first-order chi connectivity index (χ1) is 14.1. The molecule has 2 aromatic carbocycles. The van der Waals surface area contributed by atoms with E-state index in [0.717, 1.165) is 12.1 Å². The fraction of sp³-hybridized carbons (Fsp3) is 0.300. The van der Waals surface area contributed by atoms with Gasteiger partial charge in [0.25, 0.3) is 0 Å². The molecule has 1 unspecified atom stereocenters. The highest BCUT2D eigenvalue weighted by Crippen LogP contribution is 2.37. The summed E-state index contributed by atoms with van der Waals surface area (Å²) in [5.74, 6) is -0.645. The predicted molar refractivity (Wildman–Crippen MR) is 105 cm³/mol. The Labute approximate surface area is 175 Å². The number of anilines is 2. The van der Waals surface area contributed by atoms with E-state index >= 15 is 0 Å². The molecule has 30 heavy (non-hydrogen) atoms. The number of methoxy groups -OCH3 is 2. The minimum atomic E-state index is -4.65. The number of carbonyl (C=O) groups excluding carboxylic acids is 2. The molecule has 0 aromatic heterocycles. The number of amides is 2. The first kappa shape index (κ1) is 21.8. The molecule has 1 heterocycles. The second kappa shape index (κ2) is 8.43. The zero-order valence-corrected chi connectivity index (χ0v) is 16.8. The Morgan fingerprint density at radius 3 is 2.47 bits per heavy atom. The van der Waals surface area contributed by atoms with Crippen LogP contribution in [0.25, 0.3) is 0 Å². The van der Waals surface area contributed by atoms with E-state index in [1.54, 1.807) is 18.2 Å². The molecule has 2 aromatic rings. The number of ether oxygens (including phenoxy) is 2. The largest absolute Gasteiger partial charge is 0.493 e. The molecule has 160 valence electrons. The number of rotatable bonds is 5. The lowest BCUT2D eigenvalue weighted by molar-refractivity contribution is -0.137. The first-order valence-corrected chi connectivity index (χ1v) is 9.22. The van der Waals surface area contributed by atoms with Crippen LogP contribution < -0.4 is 19.7 Å². The second-order valence-corrected chi connectivity index (χ2v) is 7.03. The number of alkyl halides is 3. The van der Waals surface area contributed by atoms with Crippen LogP contribution >= 0.6 is 11.6 Å². The standard InChI is InChI=1S/C20H18ClF3N2O4/c1-29-16-6-4-13(9-17(16)30-2)26-10-11(7-18(26)27)19(28)25-12-3-5-15(21)14(8-12)20(22,23)24/h3-6,8-9,11H,7,10H2,1-2H3,(H,25,28). The van der Waals surface area contributed by atoms with Gasteiger partial charge in [-0.3, -0.25) is 9.59 Å². The van der Waals surface area contributed by atoms with Gasteiger partial charge < -0.3 is 19.7 Å². The third kappa shape index (κ3) is 4.46. The number of nitrogens with zero attached hydrogens (tertiary/aromatic N) is 1. The van der Waals surface area contributed by atoms with Gasteiger partial charge in [-0.2, -0.15) is 13.2 Å². The van der Waals surface area contributed by atoms with Crippen molar-refractivity contribution >= 4 is 34.8 Å². The molecule has 0 bridgehead atoms. The summed E-state index contributed by atoms with van der Waals surface area (Å²) in [4.78, 5) is 26.4. The van der Waals surface area contributed by atoms with Crippen LogP contribution in [0, 0.1) is 5.92 Å². The lowest BCUT2D eigenvalue weighted by Crippen LogP contribution is -2.28. The third-order valence-electron chi connectivity index (χ3n) is 4.71. The number of hydrogen-bond acceptors (Lipinski definition) is 4. The van der Waals surface area contributed by atoms with Crippen molar-refractivity contribution in [2.75, 3.05) is 31.0 Å². The highest BCUT2D eigenvalue weighted by atomic mass is 35.5. The fourth-order valence-electron chi connectivity index (χ4n) is 3.19. The molecule has 1 saturated heterocycles. The molecule has 0 radical (unpaired) electrons. The van der Waals surface area contributed by atoms with Crippen LogP contribution in [0.5, 0.6) is 11.5 Å². The minimum Gasteiger partial charge on any atom is -0.493 e. The normalized spacial score (nSPS) is 16.5. The van der Waals surface area contributed by atoms with Crippen molar-refractivity contribution < 1.29 is 32.2 Å². The Morgan fingerprint density at radius 2 is 1.83 bits per heavy atom. The van der Waals surface area contributed by atoms with Crippen LogP contribution in [0.1, 0.15) is 12.0 Å². The maximum atomic E-state index is 13.0. The van der Waals surface area contributed by atoms with Gasteiger partial charge in [-0.05, 0) is 30.3 Å². The monoisotopic (exact) mass is 442 g/mol. The highest BCUT2D eigenvalue weighted by Gasteiger charge is 2.36. The van der Waals surface area contributed by atoms with Gasteiger partial charge in [0.05, 0.1) is 30.7 Å². The van der Waals surface area contributed by atoms with E-state index in [9.17, 15) is 22.8 Å². The van der Waals surface area contributed by atoms with Crippen LogP contribution in [0.2, 0.25) is 5.02 Å². The summed E-state index contributed by atoms with van der Waals surface area (Å²) in [6.07, 6.45) is -4.72. The van der Waals surface area contributed by atoms with Gasteiger partial charge in [-0.1, -0.05) is 11.6 Å². The van der Waals surface area contributed by atoms with Crippen LogP contribution in [-0.2, 0) is 15.8 Å². The van der Waals surface area contributed by atoms with Crippen LogP contribution in [0.3, 0.4) is 0 Å². The molecule has 2 amide bonds. The topological polar surface area (TPSA) is 67.9 Å². The summed E-state index contributed by atoms with van der Waals surface area (Å²) >= 11 is 5.59. The SMILES string of the molecule is COc1ccc(N2CC(C(=O)Nc3ccc(Cl)c(C(F)(F)F)c3)CC2=O)cc1OC. The van der Waals surface area contributed by atoms with Gasteiger partial charge in [0.1, 0.15) is 0 Å². The molecule has 1 aliphatic heterocycles. The van der Waals surface area contributed by atoms with E-state index in [-0.39, 0.29) is 24.6 Å². The summed E-state index contributed by atoms with van der Waals surface area (Å²) in [5, 5.41) is 1.97. The zero-order chi connectivity index (χ0) is 22.1. The van der Waals surface area contributed by atoms with Gasteiger partial charge in [0, 0.05) is 30.4 Å². The van der Waals surface area contributed by atoms with E-state index in [4.69, 9.17) is 21.1 Å². The third-order valence-corrected chi connectivity index (χ3v) is 5.04. The average molecular weight is 443 g/mol. The van der Waals surface area contributed by atoms with Crippen molar-refractivity contribution in [3.05, 3.63) is 47.0 Å². The minimum absolute atomic E-state index is 0.0475. The van der Waals surface area contributed by atoms with E-state index in [1.165, 1.54) is 25.2 Å². The quantitative estimate of drug-likeness (QED) is 0.746. The highest BCUT2D eigenvalue weighted by molar-refractivity contribution is 6.31. The number of benzene rings is 2. The van der Waals surface area contributed by atoms with Gasteiger partial charge >= 0.3 is 6.18 Å². The number of halogens is 4. The summed E-state index contributed by atoms with van der Waals surface area (Å²) in [5.41, 5.74) is -0.566. The molecule has 1 atom stereocenters. The van der Waals surface area contributed by atoms with Crippen LogP contribution in [0.4, 0.5) is 24.5 Å². The van der Waals surface area contributed by atoms with Crippen LogP contribution in [0.15, 0.2) is 36.4 Å². The van der Waals surface area contributed by atoms with Gasteiger partial charge in [0.15, 0.2) is 11.5 Å². The Morgan fingerprint density at radius 1 is 1.13 bits per heavy atom. The van der Waals surface area contributed by atoms with E-state index in [2.05, 4.69) is 5.32 Å². The van der Waals surface area contributed by atoms with Gasteiger partial charge in [-0.15, -0.1) is 0 Å². The Hall–Kier alpha value is -2.94. The van der Waals surface area contributed by atoms with Crippen molar-refractivity contribution in [1.29, 1.82) is 0 Å². The van der Waals surface area contributed by atoms with E-state index < -0.39 is 28.6 Å². The molecule has 6 nitrogen and oxygen atoms in total. The summed E-state index contributed by atoms with van der Waals surface area (Å²) in [6, 6.07) is 8.03. The Balaban J connectivity index is 1.75. The van der Waals surface area contributed by atoms with Crippen molar-refractivity contribution in [1.82, 2.24) is 0 Å². The molecular formula is C20H18ClF3N2O4.